The number of nitrogen functional groups attached to an aromatic ring is 1. The summed E-state index contributed by atoms with van der Waals surface area (Å²) in [5.74, 6) is 0.183. The highest BCUT2D eigenvalue weighted by Gasteiger charge is 2.11. The number of halogens is 1. The monoisotopic (exact) mass is 256 g/mol. The Kier molecular flexibility index (Phi) is 2.68. The Balaban J connectivity index is 1.97. The van der Waals surface area contributed by atoms with E-state index in [1.807, 2.05) is 0 Å². The first-order chi connectivity index (χ1) is 9.22. The molecule has 0 spiro atoms. The first-order valence-corrected chi connectivity index (χ1v) is 5.53. The first kappa shape index (κ1) is 11.3. The third kappa shape index (κ3) is 2.28. The highest BCUT2D eigenvalue weighted by molar-refractivity contribution is 5.61. The topological polar surface area (TPSA) is 77.8 Å². The predicted molar refractivity (Wildman–Crippen MR) is 67.3 cm³/mol. The van der Waals surface area contributed by atoms with Gasteiger partial charge in [0.05, 0.1) is 11.8 Å². The number of hydrogen-bond acceptors (Lipinski definition) is 5. The molecule has 2 aromatic heterocycles. The minimum Gasteiger partial charge on any atom is -0.399 e. The second-order valence-electron chi connectivity index (χ2n) is 3.94. The first-order valence-electron chi connectivity index (χ1n) is 5.53. The fourth-order valence-corrected chi connectivity index (χ4v) is 1.62. The summed E-state index contributed by atoms with van der Waals surface area (Å²) in [6.45, 7) is 0. The highest BCUT2D eigenvalue weighted by Crippen LogP contribution is 2.22. The molecule has 19 heavy (non-hydrogen) atoms. The summed E-state index contributed by atoms with van der Waals surface area (Å²) in [5, 5.41) is 3.84. The van der Waals surface area contributed by atoms with Crippen LogP contribution in [0, 0.1) is 5.82 Å². The van der Waals surface area contributed by atoms with Crippen molar-refractivity contribution in [2.24, 2.45) is 0 Å². The maximum absolute atomic E-state index is 13.1. The SMILES string of the molecule is Nc1ccc(-c2noc(-c3cncc(F)c3)n2)cc1. The summed E-state index contributed by atoms with van der Waals surface area (Å²) in [4.78, 5) is 7.93. The van der Waals surface area contributed by atoms with E-state index in [-0.39, 0.29) is 5.89 Å². The number of anilines is 1. The number of nitrogens with zero attached hydrogens (tertiary/aromatic N) is 3. The highest BCUT2D eigenvalue weighted by atomic mass is 19.1. The van der Waals surface area contributed by atoms with E-state index in [4.69, 9.17) is 10.3 Å². The summed E-state index contributed by atoms with van der Waals surface area (Å²) in [6, 6.07) is 8.35. The normalized spacial score (nSPS) is 10.6. The smallest absolute Gasteiger partial charge is 0.259 e. The third-order valence-electron chi connectivity index (χ3n) is 2.55. The molecule has 6 heteroatoms. The van der Waals surface area contributed by atoms with Gasteiger partial charge in [-0.15, -0.1) is 0 Å². The Labute approximate surface area is 107 Å². The van der Waals surface area contributed by atoms with Crippen molar-refractivity contribution in [1.82, 2.24) is 15.1 Å². The summed E-state index contributed by atoms with van der Waals surface area (Å²) >= 11 is 0. The molecule has 0 saturated carbocycles. The number of pyridine rings is 1. The second-order valence-corrected chi connectivity index (χ2v) is 3.94. The molecular weight excluding hydrogens is 247 g/mol. The Morgan fingerprint density at radius 2 is 1.84 bits per heavy atom. The van der Waals surface area contributed by atoms with E-state index >= 15 is 0 Å². The van der Waals surface area contributed by atoms with Crippen LogP contribution in [0.4, 0.5) is 10.1 Å². The predicted octanol–water partition coefficient (Wildman–Crippen LogP) is 2.52. The molecule has 0 amide bonds. The lowest BCUT2D eigenvalue weighted by atomic mass is 10.2. The molecule has 5 nitrogen and oxygen atoms in total. The molecule has 0 unspecified atom stereocenters. The van der Waals surface area contributed by atoms with E-state index in [0.29, 0.717) is 17.1 Å². The fraction of sp³-hybridized carbons (Fsp3) is 0. The molecule has 0 atom stereocenters. The van der Waals surface area contributed by atoms with Gasteiger partial charge in [-0.05, 0) is 30.3 Å². The molecule has 3 aromatic rings. The average Bonchev–Trinajstić information content (AvgIpc) is 2.89. The molecule has 0 aliphatic carbocycles. The number of nitrogens with two attached hydrogens (primary N) is 1. The van der Waals surface area contributed by atoms with E-state index in [9.17, 15) is 4.39 Å². The minimum atomic E-state index is -0.454. The molecule has 0 saturated heterocycles. The summed E-state index contributed by atoms with van der Waals surface area (Å²) < 4.78 is 18.2. The van der Waals surface area contributed by atoms with Gasteiger partial charge in [-0.3, -0.25) is 4.98 Å². The standard InChI is InChI=1S/C13H9FN4O/c14-10-5-9(6-16-7-10)13-17-12(18-19-13)8-1-3-11(15)4-2-8/h1-7H,15H2. The number of rotatable bonds is 2. The lowest BCUT2D eigenvalue weighted by molar-refractivity contribution is 0.432. The largest absolute Gasteiger partial charge is 0.399 e. The minimum absolute atomic E-state index is 0.221. The number of aromatic nitrogens is 3. The molecule has 94 valence electrons. The van der Waals surface area contributed by atoms with Gasteiger partial charge in [0.15, 0.2) is 0 Å². The lowest BCUT2D eigenvalue weighted by Crippen LogP contribution is -1.86. The van der Waals surface area contributed by atoms with Crippen molar-refractivity contribution in [3.05, 3.63) is 48.5 Å². The van der Waals surface area contributed by atoms with Crippen molar-refractivity contribution >= 4 is 5.69 Å². The van der Waals surface area contributed by atoms with Gasteiger partial charge < -0.3 is 10.3 Å². The Morgan fingerprint density at radius 3 is 2.58 bits per heavy atom. The fourth-order valence-electron chi connectivity index (χ4n) is 1.62. The molecule has 0 radical (unpaired) electrons. The van der Waals surface area contributed by atoms with Crippen LogP contribution in [-0.2, 0) is 0 Å². The van der Waals surface area contributed by atoms with Crippen LogP contribution in [0.15, 0.2) is 47.2 Å². The van der Waals surface area contributed by atoms with Gasteiger partial charge in [0, 0.05) is 17.4 Å². The molecular formula is C13H9FN4O. The van der Waals surface area contributed by atoms with Gasteiger partial charge in [-0.25, -0.2) is 4.39 Å². The molecule has 0 aliphatic heterocycles. The van der Waals surface area contributed by atoms with E-state index in [0.717, 1.165) is 11.8 Å². The maximum Gasteiger partial charge on any atom is 0.259 e. The van der Waals surface area contributed by atoms with E-state index in [1.54, 1.807) is 24.3 Å². The lowest BCUT2D eigenvalue weighted by Gasteiger charge is -1.94. The Bertz CT molecular complexity index is 709. The average molecular weight is 256 g/mol. The van der Waals surface area contributed by atoms with Gasteiger partial charge in [-0.1, -0.05) is 5.16 Å². The van der Waals surface area contributed by atoms with Crippen molar-refractivity contribution in [2.45, 2.75) is 0 Å². The quantitative estimate of drug-likeness (QED) is 0.713. The van der Waals surface area contributed by atoms with Gasteiger partial charge >= 0.3 is 0 Å². The zero-order chi connectivity index (χ0) is 13.2. The van der Waals surface area contributed by atoms with Gasteiger partial charge in [0.25, 0.3) is 5.89 Å². The van der Waals surface area contributed by atoms with Gasteiger partial charge in [0.2, 0.25) is 5.82 Å². The van der Waals surface area contributed by atoms with Crippen LogP contribution in [0.1, 0.15) is 0 Å². The van der Waals surface area contributed by atoms with Crippen molar-refractivity contribution in [3.63, 3.8) is 0 Å². The van der Waals surface area contributed by atoms with Crippen LogP contribution < -0.4 is 5.73 Å². The molecule has 0 aliphatic rings. The molecule has 3 rings (SSSR count). The van der Waals surface area contributed by atoms with Gasteiger partial charge in [0.1, 0.15) is 5.82 Å². The van der Waals surface area contributed by atoms with Crippen molar-refractivity contribution in [2.75, 3.05) is 5.73 Å². The van der Waals surface area contributed by atoms with E-state index in [2.05, 4.69) is 15.1 Å². The van der Waals surface area contributed by atoms with Crippen LogP contribution in [0.2, 0.25) is 0 Å². The van der Waals surface area contributed by atoms with Crippen LogP contribution in [-0.4, -0.2) is 15.1 Å². The van der Waals surface area contributed by atoms with Gasteiger partial charge in [-0.2, -0.15) is 4.98 Å². The summed E-state index contributed by atoms with van der Waals surface area (Å²) in [7, 11) is 0. The second kappa shape index (κ2) is 4.49. The van der Waals surface area contributed by atoms with Crippen molar-refractivity contribution in [3.8, 4) is 22.8 Å². The summed E-state index contributed by atoms with van der Waals surface area (Å²) in [6.07, 6.45) is 2.57. The van der Waals surface area contributed by atoms with Crippen LogP contribution in [0.5, 0.6) is 0 Å². The van der Waals surface area contributed by atoms with Crippen molar-refractivity contribution in [1.29, 1.82) is 0 Å². The maximum atomic E-state index is 13.1. The van der Waals surface area contributed by atoms with Crippen LogP contribution in [0.3, 0.4) is 0 Å². The molecule has 2 heterocycles. The zero-order valence-corrected chi connectivity index (χ0v) is 9.75. The van der Waals surface area contributed by atoms with Crippen LogP contribution in [0.25, 0.3) is 22.8 Å². The Morgan fingerprint density at radius 1 is 1.05 bits per heavy atom. The number of benzene rings is 1. The third-order valence-corrected chi connectivity index (χ3v) is 2.55. The molecule has 0 fully saturated rings. The Hall–Kier alpha value is -2.76. The van der Waals surface area contributed by atoms with E-state index in [1.165, 1.54) is 12.3 Å². The number of hydrogen-bond donors (Lipinski definition) is 1. The van der Waals surface area contributed by atoms with Crippen LogP contribution >= 0.6 is 0 Å². The molecule has 2 N–H and O–H groups in total. The molecule has 0 bridgehead atoms. The summed E-state index contributed by atoms with van der Waals surface area (Å²) in [5.41, 5.74) is 7.47. The van der Waals surface area contributed by atoms with Crippen molar-refractivity contribution < 1.29 is 8.91 Å². The molecule has 1 aromatic carbocycles. The van der Waals surface area contributed by atoms with E-state index < -0.39 is 5.82 Å². The zero-order valence-electron chi connectivity index (χ0n) is 9.75.